The maximum atomic E-state index is 10.8. The SMILES string of the molecule is CCCCCCc1cccc(CCCCCC)c1OCCCS(=O)(=O)[O-].[Na+]. The van der Waals surface area contributed by atoms with Gasteiger partial charge in [-0.25, -0.2) is 8.42 Å². The Kier molecular flexibility index (Phi) is 15.8. The average molecular weight is 407 g/mol. The Labute approximate surface area is 188 Å². The second-order valence-corrected chi connectivity index (χ2v) is 8.51. The monoisotopic (exact) mass is 406 g/mol. The van der Waals surface area contributed by atoms with Crippen molar-refractivity contribution in [2.45, 2.75) is 84.5 Å². The molecule has 0 saturated carbocycles. The Morgan fingerprint density at radius 1 is 0.852 bits per heavy atom. The third kappa shape index (κ3) is 12.9. The summed E-state index contributed by atoms with van der Waals surface area (Å²) in [6, 6.07) is 6.32. The van der Waals surface area contributed by atoms with Gasteiger partial charge in [-0.1, -0.05) is 70.6 Å². The zero-order valence-corrected chi connectivity index (χ0v) is 20.3. The molecule has 0 aliphatic carbocycles. The maximum Gasteiger partial charge on any atom is 1.00 e. The third-order valence-electron chi connectivity index (χ3n) is 4.56. The minimum atomic E-state index is -4.17. The van der Waals surface area contributed by atoms with Gasteiger partial charge in [-0.2, -0.15) is 0 Å². The van der Waals surface area contributed by atoms with Gasteiger partial charge in [0.2, 0.25) is 0 Å². The van der Waals surface area contributed by atoms with Crippen molar-refractivity contribution >= 4 is 10.1 Å². The molecule has 0 N–H and O–H groups in total. The number of ether oxygens (including phenoxy) is 1. The zero-order chi connectivity index (χ0) is 19.3. The first kappa shape index (κ1) is 26.9. The molecular formula is C21H35NaO4S. The van der Waals surface area contributed by atoms with Gasteiger partial charge in [-0.15, -0.1) is 0 Å². The van der Waals surface area contributed by atoms with Gasteiger partial charge in [0, 0.05) is 5.75 Å². The maximum absolute atomic E-state index is 10.8. The minimum absolute atomic E-state index is 0. The van der Waals surface area contributed by atoms with Crippen molar-refractivity contribution in [2.24, 2.45) is 0 Å². The molecule has 0 radical (unpaired) electrons. The molecule has 0 aliphatic heterocycles. The Morgan fingerprint density at radius 2 is 1.37 bits per heavy atom. The van der Waals surface area contributed by atoms with Gasteiger partial charge in [0.1, 0.15) is 5.75 Å². The predicted octanol–water partition coefficient (Wildman–Crippen LogP) is 2.25. The molecule has 1 aromatic rings. The molecule has 0 atom stereocenters. The van der Waals surface area contributed by atoms with Crippen molar-refractivity contribution in [3.63, 3.8) is 0 Å². The molecule has 0 unspecified atom stereocenters. The summed E-state index contributed by atoms with van der Waals surface area (Å²) in [4.78, 5) is 0. The molecular weight excluding hydrogens is 371 g/mol. The van der Waals surface area contributed by atoms with Crippen molar-refractivity contribution in [3.8, 4) is 5.75 Å². The van der Waals surface area contributed by atoms with Crippen LogP contribution < -0.4 is 34.3 Å². The second kappa shape index (κ2) is 15.8. The third-order valence-corrected chi connectivity index (χ3v) is 5.35. The molecule has 0 amide bonds. The van der Waals surface area contributed by atoms with Crippen LogP contribution in [-0.2, 0) is 23.0 Å². The van der Waals surface area contributed by atoms with E-state index in [9.17, 15) is 13.0 Å². The number of unbranched alkanes of at least 4 members (excludes halogenated alkanes) is 6. The van der Waals surface area contributed by atoms with Crippen LogP contribution >= 0.6 is 0 Å². The van der Waals surface area contributed by atoms with Crippen molar-refractivity contribution < 1.29 is 47.3 Å². The summed E-state index contributed by atoms with van der Waals surface area (Å²) in [7, 11) is -4.17. The van der Waals surface area contributed by atoms with Gasteiger partial charge in [-0.3, -0.25) is 0 Å². The van der Waals surface area contributed by atoms with Crippen LogP contribution in [0, 0.1) is 0 Å². The number of rotatable bonds is 15. The summed E-state index contributed by atoms with van der Waals surface area (Å²) in [5.41, 5.74) is 2.41. The molecule has 1 rings (SSSR count). The Morgan fingerprint density at radius 3 is 1.81 bits per heavy atom. The Balaban J connectivity index is 0.00000676. The summed E-state index contributed by atoms with van der Waals surface area (Å²) in [5, 5.41) is 0. The molecule has 150 valence electrons. The van der Waals surface area contributed by atoms with E-state index in [4.69, 9.17) is 4.74 Å². The van der Waals surface area contributed by atoms with Gasteiger partial charge >= 0.3 is 29.6 Å². The molecule has 6 heteroatoms. The number of hydrogen-bond donors (Lipinski definition) is 0. The van der Waals surface area contributed by atoms with Crippen LogP contribution in [0.1, 0.15) is 82.8 Å². The molecule has 0 fully saturated rings. The van der Waals surface area contributed by atoms with Crippen LogP contribution in [0.15, 0.2) is 18.2 Å². The fourth-order valence-electron chi connectivity index (χ4n) is 3.11. The molecule has 0 bridgehead atoms. The molecule has 0 aromatic heterocycles. The summed E-state index contributed by atoms with van der Waals surface area (Å²) in [6.07, 6.45) is 11.8. The van der Waals surface area contributed by atoms with Gasteiger partial charge in [0.25, 0.3) is 0 Å². The first-order chi connectivity index (χ1) is 12.5. The van der Waals surface area contributed by atoms with Crippen molar-refractivity contribution in [2.75, 3.05) is 12.4 Å². The Hall–Kier alpha value is -0.0700. The van der Waals surface area contributed by atoms with Gasteiger partial charge in [0.05, 0.1) is 16.7 Å². The summed E-state index contributed by atoms with van der Waals surface area (Å²) < 4.78 is 38.3. The Bertz CT molecular complexity index is 572. The summed E-state index contributed by atoms with van der Waals surface area (Å²) in [5.74, 6) is 0.557. The van der Waals surface area contributed by atoms with Crippen LogP contribution in [0.25, 0.3) is 0 Å². The normalized spacial score (nSPS) is 11.2. The van der Waals surface area contributed by atoms with Crippen molar-refractivity contribution in [1.82, 2.24) is 0 Å². The van der Waals surface area contributed by atoms with E-state index >= 15 is 0 Å². The van der Waals surface area contributed by atoms with Gasteiger partial charge in [0.15, 0.2) is 0 Å². The largest absolute Gasteiger partial charge is 1.00 e. The number of aryl methyl sites for hydroxylation is 2. The van der Waals surface area contributed by atoms with Crippen LogP contribution in [0.5, 0.6) is 5.75 Å². The fraction of sp³-hybridized carbons (Fsp3) is 0.714. The van der Waals surface area contributed by atoms with E-state index in [0.717, 1.165) is 31.4 Å². The van der Waals surface area contributed by atoms with Crippen molar-refractivity contribution in [1.29, 1.82) is 0 Å². The quantitative estimate of drug-likeness (QED) is 0.255. The zero-order valence-electron chi connectivity index (χ0n) is 17.5. The topological polar surface area (TPSA) is 66.4 Å². The van der Waals surface area contributed by atoms with Crippen LogP contribution in [0.3, 0.4) is 0 Å². The van der Waals surface area contributed by atoms with Crippen molar-refractivity contribution in [3.05, 3.63) is 29.3 Å². The molecule has 0 spiro atoms. The van der Waals surface area contributed by atoms with E-state index in [1.54, 1.807) is 0 Å². The average Bonchev–Trinajstić information content (AvgIpc) is 2.59. The van der Waals surface area contributed by atoms with E-state index < -0.39 is 10.1 Å². The first-order valence-electron chi connectivity index (χ1n) is 10.1. The number of hydrogen-bond acceptors (Lipinski definition) is 4. The summed E-state index contributed by atoms with van der Waals surface area (Å²) >= 11 is 0. The smallest absolute Gasteiger partial charge is 0.748 e. The summed E-state index contributed by atoms with van der Waals surface area (Å²) in [6.45, 7) is 4.68. The van der Waals surface area contributed by atoms with Gasteiger partial charge < -0.3 is 9.29 Å². The molecule has 4 nitrogen and oxygen atoms in total. The van der Waals surface area contributed by atoms with E-state index in [1.165, 1.54) is 49.7 Å². The molecule has 0 saturated heterocycles. The second-order valence-electron chi connectivity index (χ2n) is 6.99. The number of benzene rings is 1. The standard InChI is InChI=1S/C21H36O4S.Na/c1-3-5-7-9-13-19-15-11-16-20(14-10-8-6-4-2)21(19)25-17-12-18-26(22,23)24;/h11,15-16H,3-10,12-14,17-18H2,1-2H3,(H,22,23,24);/q;+1/p-1. The van der Waals surface area contributed by atoms with Crippen LogP contribution in [0.4, 0.5) is 0 Å². The number of para-hydroxylation sites is 1. The molecule has 0 aliphatic rings. The minimum Gasteiger partial charge on any atom is -0.748 e. The van der Waals surface area contributed by atoms with E-state index in [2.05, 4.69) is 32.0 Å². The van der Waals surface area contributed by atoms with E-state index in [-0.39, 0.29) is 48.3 Å². The first-order valence-corrected chi connectivity index (χ1v) is 11.7. The molecule has 0 heterocycles. The van der Waals surface area contributed by atoms with Gasteiger partial charge in [-0.05, 0) is 43.2 Å². The van der Waals surface area contributed by atoms with Crippen LogP contribution in [0.2, 0.25) is 0 Å². The predicted molar refractivity (Wildman–Crippen MR) is 107 cm³/mol. The fourth-order valence-corrected chi connectivity index (χ4v) is 3.58. The van der Waals surface area contributed by atoms with Crippen LogP contribution in [-0.4, -0.2) is 25.3 Å². The molecule has 27 heavy (non-hydrogen) atoms. The molecule has 1 aromatic carbocycles. The van der Waals surface area contributed by atoms with E-state index in [1.807, 2.05) is 0 Å². The van der Waals surface area contributed by atoms with E-state index in [0.29, 0.717) is 0 Å².